The van der Waals surface area contributed by atoms with E-state index >= 15 is 0 Å². The smallest absolute Gasteiger partial charge is 0.276 e. The normalized spacial score (nSPS) is 13.8. The number of amides is 1. The van der Waals surface area contributed by atoms with E-state index in [4.69, 9.17) is 0 Å². The van der Waals surface area contributed by atoms with Crippen molar-refractivity contribution in [2.45, 2.75) is 18.8 Å². The molecule has 1 amide bonds. The van der Waals surface area contributed by atoms with Crippen molar-refractivity contribution in [3.05, 3.63) is 66.0 Å². The fourth-order valence-corrected chi connectivity index (χ4v) is 3.94. The summed E-state index contributed by atoms with van der Waals surface area (Å²) in [4.78, 5) is 17.1. The summed E-state index contributed by atoms with van der Waals surface area (Å²) in [6.07, 6.45) is 2.35. The Balaban J connectivity index is 1.39. The van der Waals surface area contributed by atoms with Crippen LogP contribution in [0.25, 0.3) is 20.8 Å². The molecule has 128 valence electrons. The number of thiazole rings is 1. The number of H-pyrrole nitrogens is 1. The molecule has 0 radical (unpaired) electrons. The number of aromatic amines is 1. The molecule has 2 N–H and O–H groups in total. The standard InChI is InChI=1S/C20H16N4OS/c25-19(17-11-16(23-24-17)12-8-9-12)21-14-5-3-4-13(10-14)20-22-15-6-1-2-7-18(15)26-20/h1-7,10-12H,8-9H2,(H,21,25)(H,23,24). The summed E-state index contributed by atoms with van der Waals surface area (Å²) in [7, 11) is 0. The first-order valence-electron chi connectivity index (χ1n) is 8.59. The molecule has 0 aliphatic heterocycles. The van der Waals surface area contributed by atoms with Crippen LogP contribution >= 0.6 is 11.3 Å². The molecule has 0 spiro atoms. The minimum absolute atomic E-state index is 0.199. The highest BCUT2D eigenvalue weighted by molar-refractivity contribution is 7.21. The number of carbonyl (C=O) groups excluding carboxylic acids is 1. The highest BCUT2D eigenvalue weighted by atomic mass is 32.1. The number of hydrogen-bond acceptors (Lipinski definition) is 4. The molecule has 5 nitrogen and oxygen atoms in total. The maximum Gasteiger partial charge on any atom is 0.276 e. The van der Waals surface area contributed by atoms with Crippen molar-refractivity contribution in [1.82, 2.24) is 15.2 Å². The van der Waals surface area contributed by atoms with Crippen LogP contribution in [0.15, 0.2) is 54.6 Å². The van der Waals surface area contributed by atoms with Gasteiger partial charge in [-0.05, 0) is 43.2 Å². The van der Waals surface area contributed by atoms with Gasteiger partial charge < -0.3 is 5.32 Å². The first-order valence-corrected chi connectivity index (χ1v) is 9.40. The number of carbonyl (C=O) groups is 1. The molecule has 0 unspecified atom stereocenters. The van der Waals surface area contributed by atoms with E-state index in [1.54, 1.807) is 11.3 Å². The molecule has 1 aliphatic carbocycles. The van der Waals surface area contributed by atoms with Crippen LogP contribution in [0, 0.1) is 0 Å². The Hall–Kier alpha value is -2.99. The molecule has 0 saturated heterocycles. The Morgan fingerprint density at radius 2 is 2.00 bits per heavy atom. The lowest BCUT2D eigenvalue weighted by Crippen LogP contribution is -2.12. The molecule has 4 aromatic rings. The zero-order valence-corrected chi connectivity index (χ0v) is 14.7. The van der Waals surface area contributed by atoms with E-state index in [-0.39, 0.29) is 5.91 Å². The van der Waals surface area contributed by atoms with Gasteiger partial charge in [-0.25, -0.2) is 4.98 Å². The predicted molar refractivity (Wildman–Crippen MR) is 104 cm³/mol. The van der Waals surface area contributed by atoms with E-state index in [0.717, 1.165) is 32.2 Å². The van der Waals surface area contributed by atoms with E-state index in [0.29, 0.717) is 11.6 Å². The Kier molecular flexibility index (Phi) is 3.57. The maximum atomic E-state index is 12.5. The van der Waals surface area contributed by atoms with Gasteiger partial charge >= 0.3 is 0 Å². The number of hydrogen-bond donors (Lipinski definition) is 2. The van der Waals surface area contributed by atoms with Gasteiger partial charge in [0.05, 0.1) is 10.2 Å². The molecule has 2 aromatic carbocycles. The quantitative estimate of drug-likeness (QED) is 0.548. The van der Waals surface area contributed by atoms with E-state index in [2.05, 4.69) is 26.6 Å². The minimum atomic E-state index is -0.199. The first-order chi connectivity index (χ1) is 12.8. The number of anilines is 1. The Morgan fingerprint density at radius 1 is 1.12 bits per heavy atom. The van der Waals surface area contributed by atoms with Gasteiger partial charge in [0.1, 0.15) is 5.01 Å². The first kappa shape index (κ1) is 15.3. The molecule has 26 heavy (non-hydrogen) atoms. The summed E-state index contributed by atoms with van der Waals surface area (Å²) < 4.78 is 1.15. The Labute approximate surface area is 154 Å². The third kappa shape index (κ3) is 2.88. The largest absolute Gasteiger partial charge is 0.321 e. The van der Waals surface area contributed by atoms with E-state index in [9.17, 15) is 4.79 Å². The molecular weight excluding hydrogens is 344 g/mol. The number of aromatic nitrogens is 3. The van der Waals surface area contributed by atoms with E-state index in [1.165, 1.54) is 12.8 Å². The Morgan fingerprint density at radius 3 is 2.85 bits per heavy atom. The number of rotatable bonds is 4. The van der Waals surface area contributed by atoms with Gasteiger partial charge in [0.15, 0.2) is 5.69 Å². The van der Waals surface area contributed by atoms with Crippen molar-refractivity contribution >= 4 is 33.1 Å². The highest BCUT2D eigenvalue weighted by Crippen LogP contribution is 2.39. The fourth-order valence-electron chi connectivity index (χ4n) is 2.98. The molecule has 6 heteroatoms. The molecule has 2 heterocycles. The van der Waals surface area contributed by atoms with Crippen LogP contribution in [0.2, 0.25) is 0 Å². The van der Waals surface area contributed by atoms with Crippen LogP contribution in [0.1, 0.15) is 34.9 Å². The van der Waals surface area contributed by atoms with Crippen LogP contribution in [-0.2, 0) is 0 Å². The third-order valence-corrected chi connectivity index (χ3v) is 5.59. The highest BCUT2D eigenvalue weighted by Gasteiger charge is 2.26. The van der Waals surface area contributed by atoms with Gasteiger partial charge in [-0.15, -0.1) is 11.3 Å². The minimum Gasteiger partial charge on any atom is -0.321 e. The molecule has 2 aromatic heterocycles. The number of para-hydroxylation sites is 1. The average molecular weight is 360 g/mol. The summed E-state index contributed by atoms with van der Waals surface area (Å²) in [6.45, 7) is 0. The van der Waals surface area contributed by atoms with Crippen LogP contribution in [0.4, 0.5) is 5.69 Å². The van der Waals surface area contributed by atoms with Crippen LogP contribution in [0.5, 0.6) is 0 Å². The van der Waals surface area contributed by atoms with E-state index < -0.39 is 0 Å². The molecule has 1 saturated carbocycles. The topological polar surface area (TPSA) is 70.7 Å². The van der Waals surface area contributed by atoms with Crippen LogP contribution < -0.4 is 5.32 Å². The monoisotopic (exact) mass is 360 g/mol. The summed E-state index contributed by atoms with van der Waals surface area (Å²) >= 11 is 1.65. The second-order valence-corrected chi connectivity index (χ2v) is 7.54. The van der Waals surface area contributed by atoms with Crippen molar-refractivity contribution in [3.8, 4) is 10.6 Å². The van der Waals surface area contributed by atoms with Gasteiger partial charge in [-0.2, -0.15) is 5.10 Å². The van der Waals surface area contributed by atoms with Crippen molar-refractivity contribution < 1.29 is 4.79 Å². The summed E-state index contributed by atoms with van der Waals surface area (Å²) in [5.41, 5.74) is 4.20. The van der Waals surface area contributed by atoms with Crippen molar-refractivity contribution in [3.63, 3.8) is 0 Å². The van der Waals surface area contributed by atoms with Crippen molar-refractivity contribution in [2.24, 2.45) is 0 Å². The second kappa shape index (κ2) is 6.07. The van der Waals surface area contributed by atoms with Crippen molar-refractivity contribution in [1.29, 1.82) is 0 Å². The van der Waals surface area contributed by atoms with Crippen molar-refractivity contribution in [2.75, 3.05) is 5.32 Å². The summed E-state index contributed by atoms with van der Waals surface area (Å²) in [5.74, 6) is 0.348. The lowest BCUT2D eigenvalue weighted by atomic mass is 10.2. The Bertz CT molecular complexity index is 1080. The summed E-state index contributed by atoms with van der Waals surface area (Å²) in [5, 5.41) is 11.0. The van der Waals surface area contributed by atoms with Gasteiger partial charge in [-0.3, -0.25) is 9.89 Å². The van der Waals surface area contributed by atoms with Gasteiger partial charge in [0.2, 0.25) is 0 Å². The van der Waals surface area contributed by atoms with Gasteiger partial charge in [0.25, 0.3) is 5.91 Å². The van der Waals surface area contributed by atoms with Crippen LogP contribution in [0.3, 0.4) is 0 Å². The zero-order valence-electron chi connectivity index (χ0n) is 13.9. The number of nitrogens with zero attached hydrogens (tertiary/aromatic N) is 2. The molecule has 1 aliphatic rings. The SMILES string of the molecule is O=C(Nc1cccc(-c2nc3ccccc3s2)c1)c1cc(C2CC2)[nH]n1. The molecule has 5 rings (SSSR count). The summed E-state index contributed by atoms with van der Waals surface area (Å²) in [6, 6.07) is 17.7. The maximum absolute atomic E-state index is 12.5. The number of nitrogens with one attached hydrogen (secondary N) is 2. The third-order valence-electron chi connectivity index (χ3n) is 4.51. The lowest BCUT2D eigenvalue weighted by Gasteiger charge is -2.04. The molecular formula is C20H16N4OS. The van der Waals surface area contributed by atoms with E-state index in [1.807, 2.05) is 48.5 Å². The average Bonchev–Trinajstić information content (AvgIpc) is 3.22. The second-order valence-electron chi connectivity index (χ2n) is 6.50. The molecule has 1 fully saturated rings. The van der Waals surface area contributed by atoms with Gasteiger partial charge in [-0.1, -0.05) is 24.3 Å². The fraction of sp³-hybridized carbons (Fsp3) is 0.150. The molecule has 0 atom stereocenters. The zero-order chi connectivity index (χ0) is 17.5. The molecule has 0 bridgehead atoms. The van der Waals surface area contributed by atoms with Gasteiger partial charge in [0, 0.05) is 22.9 Å². The van der Waals surface area contributed by atoms with Crippen LogP contribution in [-0.4, -0.2) is 21.1 Å². The predicted octanol–water partition coefficient (Wildman–Crippen LogP) is 4.82. The lowest BCUT2D eigenvalue weighted by molar-refractivity contribution is 0.102. The number of benzene rings is 2. The number of fused-ring (bicyclic) bond motifs is 1.